The Balaban J connectivity index is 1.61. The fraction of sp³-hybridized carbons (Fsp3) is 0.450. The molecule has 0 atom stereocenters. The van der Waals surface area contributed by atoms with Gasteiger partial charge in [0.25, 0.3) is 0 Å². The summed E-state index contributed by atoms with van der Waals surface area (Å²) >= 11 is 7.39. The molecule has 0 aliphatic carbocycles. The molecular formula is C40H51Br2N3O6. The molecule has 0 heterocycles. The molecule has 3 aromatic rings. The predicted octanol–water partition coefficient (Wildman–Crippen LogP) is 5.96. The van der Waals surface area contributed by atoms with Gasteiger partial charge in [-0.1, -0.05) is 23.7 Å². The first kappa shape index (κ1) is 42.5. The fourth-order valence-electron chi connectivity index (χ4n) is 4.80. The average molecular weight is 830 g/mol. The topological polar surface area (TPSA) is 87.9 Å². The van der Waals surface area contributed by atoms with Crippen molar-refractivity contribution in [3.63, 3.8) is 0 Å². The number of nitrogens with two attached hydrogens (primary N) is 1. The normalized spacial score (nSPS) is 10.7. The Bertz CT molecular complexity index is 1510. The highest BCUT2D eigenvalue weighted by atomic mass is 79.9. The minimum Gasteiger partial charge on any atom is -0.382 e. The van der Waals surface area contributed by atoms with Crippen LogP contribution in [0.25, 0.3) is 0 Å². The van der Waals surface area contributed by atoms with Crippen molar-refractivity contribution < 1.29 is 28.4 Å². The number of ether oxygens (including phenoxy) is 6. The van der Waals surface area contributed by atoms with Crippen molar-refractivity contribution in [2.75, 3.05) is 123 Å². The number of likely N-dealkylation sites (N-methyl/N-ethyl adjacent to an activating group) is 1. The first-order valence-electron chi connectivity index (χ1n) is 17.2. The fourth-order valence-corrected chi connectivity index (χ4v) is 5.69. The quantitative estimate of drug-likeness (QED) is 0.0920. The molecule has 0 amide bonds. The van der Waals surface area contributed by atoms with Crippen LogP contribution in [0.2, 0.25) is 0 Å². The van der Waals surface area contributed by atoms with E-state index >= 15 is 0 Å². The van der Waals surface area contributed by atoms with E-state index in [0.717, 1.165) is 55.7 Å². The van der Waals surface area contributed by atoms with E-state index in [0.29, 0.717) is 85.7 Å². The summed E-state index contributed by atoms with van der Waals surface area (Å²) in [5, 5.41) is 0. The highest BCUT2D eigenvalue weighted by Gasteiger charge is 2.08. The lowest BCUT2D eigenvalue weighted by molar-refractivity contribution is 0.0235. The van der Waals surface area contributed by atoms with Gasteiger partial charge in [0, 0.05) is 89.5 Å². The van der Waals surface area contributed by atoms with Gasteiger partial charge in [-0.05, 0) is 99.4 Å². The van der Waals surface area contributed by atoms with Crippen molar-refractivity contribution >= 4 is 43.2 Å². The minimum atomic E-state index is 0.530. The van der Waals surface area contributed by atoms with Crippen LogP contribution in [0.3, 0.4) is 0 Å². The number of hydrogen-bond acceptors (Lipinski definition) is 9. The summed E-state index contributed by atoms with van der Waals surface area (Å²) in [6, 6.07) is 20.5. The third-order valence-corrected chi connectivity index (χ3v) is 8.92. The number of rotatable bonds is 23. The second-order valence-electron chi connectivity index (χ2n) is 11.2. The Morgan fingerprint density at radius 1 is 0.529 bits per heavy atom. The minimum absolute atomic E-state index is 0.530. The maximum Gasteiger partial charge on any atom is 0.0701 e. The lowest BCUT2D eigenvalue weighted by atomic mass is 10.1. The third-order valence-electron chi connectivity index (χ3n) is 7.60. The largest absolute Gasteiger partial charge is 0.382 e. The van der Waals surface area contributed by atoms with Gasteiger partial charge in [0.1, 0.15) is 0 Å². The highest BCUT2D eigenvalue weighted by Crippen LogP contribution is 2.26. The Hall–Kier alpha value is -2.94. The molecule has 2 N–H and O–H groups in total. The summed E-state index contributed by atoms with van der Waals surface area (Å²) in [6.07, 6.45) is 0. The number of halogens is 2. The van der Waals surface area contributed by atoms with Crippen molar-refractivity contribution in [1.29, 1.82) is 0 Å². The number of hydrogen-bond donors (Lipinski definition) is 1. The number of anilines is 2. The summed E-state index contributed by atoms with van der Waals surface area (Å²) in [5.74, 6) is 13.2. The smallest absolute Gasteiger partial charge is 0.0701 e. The maximum absolute atomic E-state index is 5.83. The van der Waals surface area contributed by atoms with Crippen LogP contribution in [0.4, 0.5) is 11.4 Å². The van der Waals surface area contributed by atoms with Crippen molar-refractivity contribution in [3.05, 3.63) is 91.9 Å². The van der Waals surface area contributed by atoms with Crippen LogP contribution in [-0.2, 0) is 28.4 Å². The summed E-state index contributed by atoms with van der Waals surface area (Å²) in [4.78, 5) is 4.50. The van der Waals surface area contributed by atoms with Crippen LogP contribution in [0.1, 0.15) is 29.2 Å². The standard InChI is InChI=1S/C40H51Br2N3O6/c1-4-44(18-17-43)37-13-7-33(8-14-37)5-11-35-31-40(42)36(32-39(35)41)12-6-34-9-15-38(16-10-34)45(19-21-48-27-29-50-25-23-46-2)20-22-49-28-30-51-26-24-47-3/h7-10,13-16,31-32H,4,17-30,43H2,1-3H3. The monoisotopic (exact) mass is 827 g/mol. The van der Waals surface area contributed by atoms with E-state index in [9.17, 15) is 0 Å². The van der Waals surface area contributed by atoms with Crippen LogP contribution < -0.4 is 15.5 Å². The van der Waals surface area contributed by atoms with Gasteiger partial charge in [0.2, 0.25) is 0 Å². The van der Waals surface area contributed by atoms with Crippen LogP contribution in [-0.4, -0.2) is 113 Å². The second-order valence-corrected chi connectivity index (χ2v) is 12.9. The molecule has 0 spiro atoms. The predicted molar refractivity (Wildman–Crippen MR) is 213 cm³/mol. The van der Waals surface area contributed by atoms with E-state index in [1.165, 1.54) is 0 Å². The van der Waals surface area contributed by atoms with E-state index in [2.05, 4.69) is 96.5 Å². The Morgan fingerprint density at radius 2 is 0.922 bits per heavy atom. The molecule has 0 saturated carbocycles. The number of methoxy groups -OCH3 is 2. The first-order chi connectivity index (χ1) is 25.0. The molecule has 3 rings (SSSR count). The zero-order chi connectivity index (χ0) is 36.5. The summed E-state index contributed by atoms with van der Waals surface area (Å²) in [6.45, 7) is 11.5. The zero-order valence-corrected chi connectivity index (χ0v) is 33.2. The SMILES string of the molecule is CCN(CCN)c1ccc(C#Cc2cc(Br)c(C#Cc3ccc(N(CCOCCOCCOC)CCOCCOCCOC)cc3)cc2Br)cc1. The van der Waals surface area contributed by atoms with E-state index in [1.807, 2.05) is 36.4 Å². The lowest BCUT2D eigenvalue weighted by Crippen LogP contribution is -2.31. The van der Waals surface area contributed by atoms with Crippen LogP contribution >= 0.6 is 31.9 Å². The summed E-state index contributed by atoms with van der Waals surface area (Å²) < 4.78 is 34.4. The molecule has 0 saturated heterocycles. The van der Waals surface area contributed by atoms with Gasteiger partial charge in [-0.2, -0.15) is 0 Å². The first-order valence-corrected chi connectivity index (χ1v) is 18.8. The molecule has 0 radical (unpaired) electrons. The molecule has 0 bridgehead atoms. The Morgan fingerprint density at radius 3 is 1.31 bits per heavy atom. The number of benzene rings is 3. The molecule has 9 nitrogen and oxygen atoms in total. The highest BCUT2D eigenvalue weighted by molar-refractivity contribution is 9.11. The molecule has 0 aromatic heterocycles. The molecule has 11 heteroatoms. The summed E-state index contributed by atoms with van der Waals surface area (Å²) in [7, 11) is 3.32. The molecule has 0 aliphatic heterocycles. The zero-order valence-electron chi connectivity index (χ0n) is 30.1. The second kappa shape index (κ2) is 25.9. The van der Waals surface area contributed by atoms with Crippen LogP contribution in [0, 0.1) is 23.7 Å². The van der Waals surface area contributed by atoms with Gasteiger partial charge in [-0.15, -0.1) is 0 Å². The molecule has 3 aromatic carbocycles. The van der Waals surface area contributed by atoms with Crippen LogP contribution in [0.5, 0.6) is 0 Å². The molecule has 276 valence electrons. The van der Waals surface area contributed by atoms with E-state index in [-0.39, 0.29) is 0 Å². The Kier molecular flexibility index (Phi) is 21.6. The van der Waals surface area contributed by atoms with Crippen molar-refractivity contribution in [1.82, 2.24) is 0 Å². The molecule has 0 fully saturated rings. The van der Waals surface area contributed by atoms with Crippen molar-refractivity contribution in [2.45, 2.75) is 6.92 Å². The van der Waals surface area contributed by atoms with E-state index in [4.69, 9.17) is 34.2 Å². The average Bonchev–Trinajstić information content (AvgIpc) is 3.15. The molecule has 0 aliphatic rings. The van der Waals surface area contributed by atoms with Crippen LogP contribution in [0.15, 0.2) is 69.6 Å². The van der Waals surface area contributed by atoms with Crippen molar-refractivity contribution in [2.24, 2.45) is 5.73 Å². The van der Waals surface area contributed by atoms with Gasteiger partial charge in [-0.25, -0.2) is 0 Å². The van der Waals surface area contributed by atoms with E-state index < -0.39 is 0 Å². The third kappa shape index (κ3) is 16.5. The molecular weight excluding hydrogens is 778 g/mol. The molecule has 51 heavy (non-hydrogen) atoms. The summed E-state index contributed by atoms with van der Waals surface area (Å²) in [5.41, 5.74) is 11.6. The Labute approximate surface area is 321 Å². The van der Waals surface area contributed by atoms with Gasteiger partial charge in [-0.3, -0.25) is 0 Å². The van der Waals surface area contributed by atoms with Gasteiger partial charge in [0.05, 0.1) is 66.1 Å². The maximum atomic E-state index is 5.83. The van der Waals surface area contributed by atoms with Gasteiger partial charge >= 0.3 is 0 Å². The van der Waals surface area contributed by atoms with Crippen molar-refractivity contribution in [3.8, 4) is 23.7 Å². The lowest BCUT2D eigenvalue weighted by Gasteiger charge is -2.25. The van der Waals surface area contributed by atoms with Gasteiger partial charge < -0.3 is 44.0 Å². The van der Waals surface area contributed by atoms with Gasteiger partial charge in [0.15, 0.2) is 0 Å². The van der Waals surface area contributed by atoms with E-state index in [1.54, 1.807) is 14.2 Å². The number of nitrogens with zero attached hydrogens (tertiary/aromatic N) is 2. The molecule has 0 unspecified atom stereocenters.